The summed E-state index contributed by atoms with van der Waals surface area (Å²) < 4.78 is 23.1. The Labute approximate surface area is 119 Å². The molecule has 1 heterocycles. The molecule has 104 valence electrons. The second-order valence-electron chi connectivity index (χ2n) is 5.16. The molecular weight excluding hydrogens is 270 g/mol. The molecule has 1 atom stereocenters. The predicted octanol–water partition coefficient (Wildman–Crippen LogP) is 2.95. The van der Waals surface area contributed by atoms with Gasteiger partial charge in [0.05, 0.1) is 11.5 Å². The maximum absolute atomic E-state index is 11.5. The molecule has 0 radical (unpaired) electrons. The number of benzene rings is 2. The highest BCUT2D eigenvalue weighted by atomic mass is 32.2. The van der Waals surface area contributed by atoms with Crippen molar-refractivity contribution in [2.45, 2.75) is 12.5 Å². The second-order valence-corrected chi connectivity index (χ2v) is 7.38. The minimum absolute atomic E-state index is 0.0184. The molecule has 2 aromatic rings. The van der Waals surface area contributed by atoms with E-state index >= 15 is 0 Å². The molecular formula is C16H17NO2S. The molecule has 0 amide bonds. The normalized spacial score (nSPS) is 20.7. The number of hydrogen-bond acceptors (Lipinski definition) is 3. The molecule has 4 heteroatoms. The zero-order chi connectivity index (χ0) is 14.0. The van der Waals surface area contributed by atoms with Crippen LogP contribution in [0.5, 0.6) is 0 Å². The van der Waals surface area contributed by atoms with Gasteiger partial charge in [-0.2, -0.15) is 0 Å². The van der Waals surface area contributed by atoms with E-state index in [4.69, 9.17) is 0 Å². The van der Waals surface area contributed by atoms with Gasteiger partial charge in [0.2, 0.25) is 0 Å². The number of nitrogens with one attached hydrogen (secondary N) is 1. The van der Waals surface area contributed by atoms with E-state index in [-0.39, 0.29) is 17.5 Å². The van der Waals surface area contributed by atoms with E-state index in [9.17, 15) is 8.42 Å². The Morgan fingerprint density at radius 1 is 0.950 bits per heavy atom. The van der Waals surface area contributed by atoms with Gasteiger partial charge in [-0.15, -0.1) is 0 Å². The lowest BCUT2D eigenvalue weighted by atomic mass is 10.0. The molecule has 0 spiro atoms. The number of para-hydroxylation sites is 1. The van der Waals surface area contributed by atoms with Crippen LogP contribution in [0.25, 0.3) is 11.1 Å². The van der Waals surface area contributed by atoms with Gasteiger partial charge in [0, 0.05) is 17.3 Å². The predicted molar refractivity (Wildman–Crippen MR) is 82.6 cm³/mol. The van der Waals surface area contributed by atoms with Crippen molar-refractivity contribution in [2.24, 2.45) is 0 Å². The van der Waals surface area contributed by atoms with Gasteiger partial charge >= 0.3 is 0 Å². The van der Waals surface area contributed by atoms with E-state index in [1.165, 1.54) is 0 Å². The molecule has 1 N–H and O–H groups in total. The van der Waals surface area contributed by atoms with Crippen molar-refractivity contribution in [3.8, 4) is 11.1 Å². The van der Waals surface area contributed by atoms with Gasteiger partial charge < -0.3 is 5.32 Å². The van der Waals surface area contributed by atoms with Crippen molar-refractivity contribution in [2.75, 3.05) is 16.8 Å². The zero-order valence-corrected chi connectivity index (χ0v) is 11.9. The summed E-state index contributed by atoms with van der Waals surface area (Å²) in [6.45, 7) is 0. The molecule has 2 aromatic carbocycles. The quantitative estimate of drug-likeness (QED) is 0.944. The average Bonchev–Trinajstić information content (AvgIpc) is 2.79. The minimum Gasteiger partial charge on any atom is -0.381 e. The monoisotopic (exact) mass is 287 g/mol. The van der Waals surface area contributed by atoms with Crippen LogP contribution in [0, 0.1) is 0 Å². The number of sulfone groups is 1. The molecule has 0 saturated carbocycles. The molecule has 0 aromatic heterocycles. The molecule has 0 bridgehead atoms. The Hall–Kier alpha value is -1.81. The van der Waals surface area contributed by atoms with Crippen LogP contribution in [-0.4, -0.2) is 26.0 Å². The summed E-state index contributed by atoms with van der Waals surface area (Å²) in [5.41, 5.74) is 3.25. The van der Waals surface area contributed by atoms with Crippen molar-refractivity contribution in [3.05, 3.63) is 54.6 Å². The Morgan fingerprint density at radius 2 is 1.65 bits per heavy atom. The summed E-state index contributed by atoms with van der Waals surface area (Å²) in [5.74, 6) is 0.522. The van der Waals surface area contributed by atoms with Crippen LogP contribution < -0.4 is 5.32 Å². The summed E-state index contributed by atoms with van der Waals surface area (Å²) in [7, 11) is -2.86. The summed E-state index contributed by atoms with van der Waals surface area (Å²) in [5, 5.41) is 3.38. The van der Waals surface area contributed by atoms with Crippen LogP contribution in [-0.2, 0) is 9.84 Å². The van der Waals surface area contributed by atoms with Gasteiger partial charge in [-0.05, 0) is 18.1 Å². The average molecular weight is 287 g/mol. The molecule has 0 aliphatic carbocycles. The van der Waals surface area contributed by atoms with Crippen LogP contribution >= 0.6 is 0 Å². The summed E-state index contributed by atoms with van der Waals surface area (Å²) >= 11 is 0. The third kappa shape index (κ3) is 2.85. The van der Waals surface area contributed by atoms with Crippen molar-refractivity contribution in [1.82, 2.24) is 0 Å². The molecule has 1 aliphatic heterocycles. The largest absolute Gasteiger partial charge is 0.381 e. The van der Waals surface area contributed by atoms with Gasteiger partial charge in [-0.25, -0.2) is 8.42 Å². The maximum atomic E-state index is 11.5. The standard InChI is InChI=1S/C16H17NO2S/c18-20(19)11-10-14(12-20)17-16-9-5-4-8-15(16)13-6-2-1-3-7-13/h1-9,14,17H,10-12H2. The van der Waals surface area contributed by atoms with E-state index in [2.05, 4.69) is 23.5 Å². The van der Waals surface area contributed by atoms with Crippen LogP contribution in [0.4, 0.5) is 5.69 Å². The van der Waals surface area contributed by atoms with Crippen LogP contribution in [0.2, 0.25) is 0 Å². The molecule has 20 heavy (non-hydrogen) atoms. The molecule has 3 rings (SSSR count). The van der Waals surface area contributed by atoms with Gasteiger partial charge in [0.1, 0.15) is 0 Å². The fraction of sp³-hybridized carbons (Fsp3) is 0.250. The first-order valence-corrected chi connectivity index (χ1v) is 8.58. The highest BCUT2D eigenvalue weighted by molar-refractivity contribution is 7.91. The van der Waals surface area contributed by atoms with Crippen molar-refractivity contribution in [1.29, 1.82) is 0 Å². The third-order valence-electron chi connectivity index (χ3n) is 3.60. The van der Waals surface area contributed by atoms with Crippen LogP contribution in [0.15, 0.2) is 54.6 Å². The van der Waals surface area contributed by atoms with E-state index in [0.717, 1.165) is 16.8 Å². The maximum Gasteiger partial charge on any atom is 0.152 e. The Kier molecular flexibility index (Phi) is 3.49. The molecule has 1 unspecified atom stereocenters. The summed E-state index contributed by atoms with van der Waals surface area (Å²) in [6, 6.07) is 18.2. The first-order valence-electron chi connectivity index (χ1n) is 6.75. The smallest absolute Gasteiger partial charge is 0.152 e. The SMILES string of the molecule is O=S1(=O)CCC(Nc2ccccc2-c2ccccc2)C1. The first kappa shape index (κ1) is 13.2. The van der Waals surface area contributed by atoms with Gasteiger partial charge in [0.25, 0.3) is 0 Å². The summed E-state index contributed by atoms with van der Waals surface area (Å²) in [6.07, 6.45) is 0.686. The lowest BCUT2D eigenvalue weighted by Crippen LogP contribution is -2.20. The van der Waals surface area contributed by atoms with E-state index < -0.39 is 9.84 Å². The fourth-order valence-electron chi connectivity index (χ4n) is 2.61. The van der Waals surface area contributed by atoms with E-state index in [1.54, 1.807) is 0 Å². The molecule has 1 aliphatic rings. The lowest BCUT2D eigenvalue weighted by Gasteiger charge is -2.16. The molecule has 3 nitrogen and oxygen atoms in total. The number of rotatable bonds is 3. The minimum atomic E-state index is -2.86. The highest BCUT2D eigenvalue weighted by Crippen LogP contribution is 2.29. The second kappa shape index (κ2) is 5.29. The van der Waals surface area contributed by atoms with E-state index in [0.29, 0.717) is 6.42 Å². The Bertz CT molecular complexity index is 695. The lowest BCUT2D eigenvalue weighted by molar-refractivity contribution is 0.602. The third-order valence-corrected chi connectivity index (χ3v) is 5.37. The van der Waals surface area contributed by atoms with Gasteiger partial charge in [-0.1, -0.05) is 48.5 Å². The van der Waals surface area contributed by atoms with Crippen LogP contribution in [0.3, 0.4) is 0 Å². The van der Waals surface area contributed by atoms with Crippen molar-refractivity contribution < 1.29 is 8.42 Å². The van der Waals surface area contributed by atoms with Crippen LogP contribution in [0.1, 0.15) is 6.42 Å². The highest BCUT2D eigenvalue weighted by Gasteiger charge is 2.28. The zero-order valence-electron chi connectivity index (χ0n) is 11.1. The van der Waals surface area contributed by atoms with Crippen molar-refractivity contribution in [3.63, 3.8) is 0 Å². The van der Waals surface area contributed by atoms with E-state index in [1.807, 2.05) is 36.4 Å². The Balaban J connectivity index is 1.88. The molecule has 1 saturated heterocycles. The van der Waals surface area contributed by atoms with Gasteiger partial charge in [0.15, 0.2) is 9.84 Å². The molecule has 1 fully saturated rings. The van der Waals surface area contributed by atoms with Gasteiger partial charge in [-0.3, -0.25) is 0 Å². The first-order chi connectivity index (χ1) is 9.64. The number of hydrogen-bond donors (Lipinski definition) is 1. The topological polar surface area (TPSA) is 46.2 Å². The fourth-order valence-corrected chi connectivity index (χ4v) is 4.28. The summed E-state index contributed by atoms with van der Waals surface area (Å²) in [4.78, 5) is 0. The van der Waals surface area contributed by atoms with Crippen molar-refractivity contribution >= 4 is 15.5 Å². The Morgan fingerprint density at radius 3 is 2.35 bits per heavy atom. The number of anilines is 1.